The molecule has 0 rings (SSSR count). The van der Waals surface area contributed by atoms with Crippen LogP contribution < -0.4 is 16.0 Å². The highest BCUT2D eigenvalue weighted by Crippen LogP contribution is 1.85. The van der Waals surface area contributed by atoms with E-state index in [-0.39, 0.29) is 18.3 Å². The van der Waals surface area contributed by atoms with Gasteiger partial charge < -0.3 is 15.7 Å². The Morgan fingerprint density at radius 3 is 2.50 bits per heavy atom. The van der Waals surface area contributed by atoms with Crippen molar-refractivity contribution in [1.29, 1.82) is 10.8 Å². The summed E-state index contributed by atoms with van der Waals surface area (Å²) in [6.07, 6.45) is 0.524. The van der Waals surface area contributed by atoms with Crippen molar-refractivity contribution in [2.24, 2.45) is 0 Å². The average Bonchev–Trinajstić information content (AvgIpc) is 2.12. The minimum Gasteiger partial charge on any atom is -0.481 e. The number of rotatable bonds is 4. The van der Waals surface area contributed by atoms with Gasteiger partial charge in [0.05, 0.1) is 0 Å². The molecule has 0 radical (unpaired) electrons. The van der Waals surface area contributed by atoms with E-state index in [0.29, 0.717) is 13.0 Å². The lowest BCUT2D eigenvalue weighted by molar-refractivity contribution is -0.137. The van der Waals surface area contributed by atoms with Crippen LogP contribution in [0, 0.1) is 10.8 Å². The highest BCUT2D eigenvalue weighted by Gasteiger charge is 1.99. The van der Waals surface area contributed by atoms with Crippen molar-refractivity contribution in [3.8, 4) is 0 Å². The largest absolute Gasteiger partial charge is 0.481 e. The zero-order chi connectivity index (χ0) is 11.0. The Labute approximate surface area is 81.9 Å². The van der Waals surface area contributed by atoms with Gasteiger partial charge in [0, 0.05) is 20.0 Å². The third kappa shape index (κ3) is 6.89. The van der Waals surface area contributed by atoms with E-state index in [9.17, 15) is 4.79 Å². The molecule has 7 nitrogen and oxygen atoms in total. The first-order valence-electron chi connectivity index (χ1n) is 4.13. The highest BCUT2D eigenvalue weighted by atomic mass is 16.4. The fourth-order valence-electron chi connectivity index (χ4n) is 0.685. The summed E-state index contributed by atoms with van der Waals surface area (Å²) in [6.45, 7) is 0.398. The number of hydrogen-bond donors (Lipinski definition) is 6. The van der Waals surface area contributed by atoms with Gasteiger partial charge in [0.1, 0.15) is 0 Å². The van der Waals surface area contributed by atoms with Crippen molar-refractivity contribution < 1.29 is 9.90 Å². The van der Waals surface area contributed by atoms with Gasteiger partial charge in [0.15, 0.2) is 11.9 Å². The van der Waals surface area contributed by atoms with Gasteiger partial charge in [-0.3, -0.25) is 20.9 Å². The van der Waals surface area contributed by atoms with Crippen molar-refractivity contribution in [2.75, 3.05) is 13.6 Å². The van der Waals surface area contributed by atoms with Crippen LogP contribution in [0.4, 0.5) is 0 Å². The van der Waals surface area contributed by atoms with E-state index in [4.69, 9.17) is 15.9 Å². The molecule has 0 fully saturated rings. The predicted octanol–water partition coefficient (Wildman–Crippen LogP) is -0.881. The molecular weight excluding hydrogens is 186 g/mol. The van der Waals surface area contributed by atoms with E-state index in [1.807, 2.05) is 0 Å². The molecule has 0 aliphatic rings. The van der Waals surface area contributed by atoms with Crippen molar-refractivity contribution in [1.82, 2.24) is 16.0 Å². The standard InChI is InChI=1S/C7H15N5O2/c1-10-6(8)12-7(9)11-4-2-3-5(13)14/h2-4H2,1H3,(H,13,14)(H5,8,9,10,11,12). The summed E-state index contributed by atoms with van der Waals surface area (Å²) in [5.41, 5.74) is 0. The number of carboxylic acid groups (broad SMARTS) is 1. The quantitative estimate of drug-likeness (QED) is 0.200. The number of aliphatic carboxylic acids is 1. The van der Waals surface area contributed by atoms with E-state index < -0.39 is 5.97 Å². The fourth-order valence-corrected chi connectivity index (χ4v) is 0.685. The average molecular weight is 201 g/mol. The Morgan fingerprint density at radius 2 is 2.00 bits per heavy atom. The first kappa shape index (κ1) is 12.2. The van der Waals surface area contributed by atoms with Gasteiger partial charge in [-0.05, 0) is 6.42 Å². The van der Waals surface area contributed by atoms with Crippen molar-refractivity contribution >= 4 is 17.9 Å². The van der Waals surface area contributed by atoms with Crippen LogP contribution in [0.5, 0.6) is 0 Å². The minimum absolute atomic E-state index is 0.0146. The molecule has 0 spiro atoms. The fraction of sp³-hybridized carbons (Fsp3) is 0.571. The monoisotopic (exact) mass is 201 g/mol. The predicted molar refractivity (Wildman–Crippen MR) is 52.5 cm³/mol. The maximum absolute atomic E-state index is 10.1. The van der Waals surface area contributed by atoms with Crippen LogP contribution in [0.3, 0.4) is 0 Å². The number of hydrogen-bond acceptors (Lipinski definition) is 3. The van der Waals surface area contributed by atoms with E-state index in [1.165, 1.54) is 0 Å². The van der Waals surface area contributed by atoms with Crippen LogP contribution in [0.25, 0.3) is 0 Å². The zero-order valence-electron chi connectivity index (χ0n) is 7.98. The van der Waals surface area contributed by atoms with Gasteiger partial charge in [-0.25, -0.2) is 0 Å². The van der Waals surface area contributed by atoms with Gasteiger partial charge in [0.25, 0.3) is 0 Å². The third-order valence-electron chi connectivity index (χ3n) is 1.37. The normalized spacial score (nSPS) is 8.93. The molecule has 0 unspecified atom stereocenters. The number of nitrogens with one attached hydrogen (secondary N) is 5. The third-order valence-corrected chi connectivity index (χ3v) is 1.37. The molecular formula is C7H15N5O2. The van der Waals surface area contributed by atoms with Crippen molar-refractivity contribution in [3.63, 3.8) is 0 Å². The summed E-state index contributed by atoms with van der Waals surface area (Å²) in [7, 11) is 1.56. The van der Waals surface area contributed by atoms with Crippen LogP contribution in [-0.4, -0.2) is 36.6 Å². The van der Waals surface area contributed by atoms with Gasteiger partial charge in [-0.1, -0.05) is 0 Å². The van der Waals surface area contributed by atoms with Crippen molar-refractivity contribution in [3.05, 3.63) is 0 Å². The molecule has 0 bridgehead atoms. The first-order valence-corrected chi connectivity index (χ1v) is 4.13. The van der Waals surface area contributed by atoms with E-state index in [1.54, 1.807) is 7.05 Å². The SMILES string of the molecule is CNC(=N)NC(=N)NCCCC(=O)O. The van der Waals surface area contributed by atoms with E-state index in [2.05, 4.69) is 16.0 Å². The van der Waals surface area contributed by atoms with Gasteiger partial charge >= 0.3 is 5.97 Å². The maximum Gasteiger partial charge on any atom is 0.303 e. The summed E-state index contributed by atoms with van der Waals surface area (Å²) < 4.78 is 0. The van der Waals surface area contributed by atoms with Crippen LogP contribution in [-0.2, 0) is 4.79 Å². The summed E-state index contributed by atoms with van der Waals surface area (Å²) in [5.74, 6) is -0.857. The number of guanidine groups is 2. The lowest BCUT2D eigenvalue weighted by atomic mass is 10.3. The smallest absolute Gasteiger partial charge is 0.303 e. The summed E-state index contributed by atoms with van der Waals surface area (Å²) >= 11 is 0. The van der Waals surface area contributed by atoms with Gasteiger partial charge in [-0.15, -0.1) is 0 Å². The van der Waals surface area contributed by atoms with Crippen LogP contribution >= 0.6 is 0 Å². The molecule has 6 N–H and O–H groups in total. The summed E-state index contributed by atoms with van der Waals surface area (Å²) in [4.78, 5) is 10.1. The number of carbonyl (C=O) groups is 1. The summed E-state index contributed by atoms with van der Waals surface area (Å²) in [5, 5.41) is 30.2. The second-order valence-corrected chi connectivity index (χ2v) is 2.55. The second kappa shape index (κ2) is 6.70. The minimum atomic E-state index is -0.853. The Balaban J connectivity index is 3.45. The van der Waals surface area contributed by atoms with E-state index >= 15 is 0 Å². The molecule has 0 atom stereocenters. The zero-order valence-corrected chi connectivity index (χ0v) is 7.98. The first-order chi connectivity index (χ1) is 6.56. The molecule has 0 aromatic carbocycles. The Hall–Kier alpha value is -1.79. The summed E-state index contributed by atoms with van der Waals surface area (Å²) in [6, 6.07) is 0. The molecule has 7 heteroatoms. The molecule has 80 valence electrons. The van der Waals surface area contributed by atoms with E-state index in [0.717, 1.165) is 0 Å². The molecule has 0 saturated heterocycles. The van der Waals surface area contributed by atoms with Gasteiger partial charge in [0.2, 0.25) is 0 Å². The second-order valence-electron chi connectivity index (χ2n) is 2.55. The Kier molecular flexibility index (Phi) is 5.84. The molecule has 0 heterocycles. The molecule has 0 aliphatic heterocycles. The molecule has 14 heavy (non-hydrogen) atoms. The van der Waals surface area contributed by atoms with Crippen LogP contribution in [0.15, 0.2) is 0 Å². The topological polar surface area (TPSA) is 121 Å². The lowest BCUT2D eigenvalue weighted by Gasteiger charge is -2.09. The Bertz CT molecular complexity index is 228. The lowest BCUT2D eigenvalue weighted by Crippen LogP contribution is -2.44. The molecule has 0 aromatic heterocycles. The molecule has 0 amide bonds. The number of carboxylic acids is 1. The molecule has 0 aliphatic carbocycles. The molecule has 0 aromatic rings. The maximum atomic E-state index is 10.1. The van der Waals surface area contributed by atoms with Crippen LogP contribution in [0.2, 0.25) is 0 Å². The van der Waals surface area contributed by atoms with Crippen LogP contribution in [0.1, 0.15) is 12.8 Å². The highest BCUT2D eigenvalue weighted by molar-refractivity contribution is 5.95. The van der Waals surface area contributed by atoms with Crippen molar-refractivity contribution in [2.45, 2.75) is 12.8 Å². The molecule has 0 saturated carbocycles. The Morgan fingerprint density at radius 1 is 1.36 bits per heavy atom. The van der Waals surface area contributed by atoms with Gasteiger partial charge in [-0.2, -0.15) is 0 Å².